The largest absolute Gasteiger partial charge is 0.465 e. The predicted octanol–water partition coefficient (Wildman–Crippen LogP) is 3.76. The summed E-state index contributed by atoms with van der Waals surface area (Å²) < 4.78 is 15.6. The lowest BCUT2D eigenvalue weighted by atomic mass is 10.0. The van der Waals surface area contributed by atoms with Crippen LogP contribution in [0.4, 0.5) is 0 Å². The van der Waals surface area contributed by atoms with Crippen LogP contribution in [0.25, 0.3) is 17.0 Å². The summed E-state index contributed by atoms with van der Waals surface area (Å²) in [6.07, 6.45) is 4.32. The molecular formula is C19H16O5. The molecule has 122 valence electrons. The summed E-state index contributed by atoms with van der Waals surface area (Å²) >= 11 is 0. The van der Waals surface area contributed by atoms with Gasteiger partial charge in [-0.1, -0.05) is 12.1 Å². The molecule has 2 heterocycles. The molecule has 0 radical (unpaired) electrons. The first-order chi connectivity index (χ1) is 11.5. The number of hydrogen-bond acceptors (Lipinski definition) is 5. The van der Waals surface area contributed by atoms with Gasteiger partial charge in [-0.25, -0.2) is 9.59 Å². The Hall–Kier alpha value is -3.08. The van der Waals surface area contributed by atoms with E-state index in [0.29, 0.717) is 16.9 Å². The predicted molar refractivity (Wildman–Crippen MR) is 89.5 cm³/mol. The minimum Gasteiger partial charge on any atom is -0.465 e. The molecule has 5 heteroatoms. The average molecular weight is 324 g/mol. The van der Waals surface area contributed by atoms with Crippen LogP contribution in [0.3, 0.4) is 0 Å². The van der Waals surface area contributed by atoms with E-state index in [1.807, 2.05) is 26.0 Å². The highest BCUT2D eigenvalue weighted by molar-refractivity contribution is 5.87. The van der Waals surface area contributed by atoms with Crippen molar-refractivity contribution in [3.8, 4) is 0 Å². The molecule has 1 aromatic carbocycles. The van der Waals surface area contributed by atoms with Crippen LogP contribution < -0.4 is 5.63 Å². The van der Waals surface area contributed by atoms with Crippen LogP contribution in [0, 0.1) is 13.8 Å². The summed E-state index contributed by atoms with van der Waals surface area (Å²) in [7, 11) is 0. The molecule has 0 saturated carbocycles. The Morgan fingerprint density at radius 1 is 1.25 bits per heavy atom. The number of benzene rings is 1. The number of rotatable bonds is 4. The maximum atomic E-state index is 11.8. The fourth-order valence-electron chi connectivity index (χ4n) is 2.38. The summed E-state index contributed by atoms with van der Waals surface area (Å²) in [4.78, 5) is 23.6. The van der Waals surface area contributed by atoms with E-state index in [1.54, 1.807) is 12.1 Å². The molecule has 3 aromatic rings. The van der Waals surface area contributed by atoms with Gasteiger partial charge in [-0.05, 0) is 43.2 Å². The quantitative estimate of drug-likeness (QED) is 0.415. The van der Waals surface area contributed by atoms with Crippen molar-refractivity contribution in [2.24, 2.45) is 0 Å². The fraction of sp³-hybridized carbons (Fsp3) is 0.158. The van der Waals surface area contributed by atoms with E-state index in [2.05, 4.69) is 0 Å². The molecule has 0 unspecified atom stereocenters. The zero-order valence-corrected chi connectivity index (χ0v) is 13.4. The van der Waals surface area contributed by atoms with Gasteiger partial charge in [0.05, 0.1) is 6.26 Å². The smallest absolute Gasteiger partial charge is 0.336 e. The van der Waals surface area contributed by atoms with Crippen molar-refractivity contribution in [2.75, 3.05) is 0 Å². The lowest BCUT2D eigenvalue weighted by molar-refractivity contribution is -0.138. The molecule has 3 rings (SSSR count). The first-order valence-electron chi connectivity index (χ1n) is 7.46. The van der Waals surface area contributed by atoms with Gasteiger partial charge in [-0.3, -0.25) is 0 Å². The van der Waals surface area contributed by atoms with Crippen LogP contribution in [0.1, 0.15) is 22.5 Å². The molecule has 5 nitrogen and oxygen atoms in total. The number of furan rings is 1. The van der Waals surface area contributed by atoms with E-state index in [1.165, 1.54) is 24.5 Å². The Labute approximate surface area is 138 Å². The van der Waals surface area contributed by atoms with Crippen LogP contribution in [-0.2, 0) is 16.1 Å². The molecule has 0 spiro atoms. The maximum absolute atomic E-state index is 11.8. The molecule has 0 fully saturated rings. The van der Waals surface area contributed by atoms with Gasteiger partial charge in [0.15, 0.2) is 0 Å². The van der Waals surface area contributed by atoms with E-state index in [9.17, 15) is 9.59 Å². The second-order valence-electron chi connectivity index (χ2n) is 5.43. The molecule has 0 aliphatic rings. The molecule has 0 bridgehead atoms. The summed E-state index contributed by atoms with van der Waals surface area (Å²) in [5.41, 5.74) is 2.61. The summed E-state index contributed by atoms with van der Waals surface area (Å²) in [6, 6.07) is 8.61. The first kappa shape index (κ1) is 15.8. The average Bonchev–Trinajstić information content (AvgIpc) is 3.08. The highest BCUT2D eigenvalue weighted by Gasteiger charge is 2.10. The van der Waals surface area contributed by atoms with E-state index in [4.69, 9.17) is 13.6 Å². The number of fused-ring (bicyclic) bond motifs is 1. The minimum absolute atomic E-state index is 0.00801. The van der Waals surface area contributed by atoms with Crippen molar-refractivity contribution in [1.29, 1.82) is 0 Å². The van der Waals surface area contributed by atoms with Gasteiger partial charge in [-0.15, -0.1) is 0 Å². The van der Waals surface area contributed by atoms with Gasteiger partial charge >= 0.3 is 11.6 Å². The van der Waals surface area contributed by atoms with Gasteiger partial charge in [0.25, 0.3) is 0 Å². The van der Waals surface area contributed by atoms with E-state index in [0.717, 1.165) is 16.5 Å². The Bertz CT molecular complexity index is 961. The number of aryl methyl sites for hydroxylation is 2. The molecule has 0 aliphatic carbocycles. The number of ether oxygens (including phenoxy) is 1. The fourth-order valence-corrected chi connectivity index (χ4v) is 2.38. The van der Waals surface area contributed by atoms with Crippen molar-refractivity contribution in [3.63, 3.8) is 0 Å². The molecular weight excluding hydrogens is 308 g/mol. The van der Waals surface area contributed by atoms with Crippen molar-refractivity contribution < 1.29 is 18.4 Å². The Kier molecular flexibility index (Phi) is 4.33. The second-order valence-corrected chi connectivity index (χ2v) is 5.43. The van der Waals surface area contributed by atoms with Crippen molar-refractivity contribution >= 4 is 23.0 Å². The highest BCUT2D eigenvalue weighted by atomic mass is 16.5. The third kappa shape index (κ3) is 3.30. The SMILES string of the molecule is Cc1ccc2c(COC(=O)/C=C/c3ccco3)cc(=O)oc2c1C. The molecule has 0 N–H and O–H groups in total. The highest BCUT2D eigenvalue weighted by Crippen LogP contribution is 2.23. The van der Waals surface area contributed by atoms with Crippen molar-refractivity contribution in [2.45, 2.75) is 20.5 Å². The summed E-state index contributed by atoms with van der Waals surface area (Å²) in [6.45, 7) is 3.83. The van der Waals surface area contributed by atoms with Gasteiger partial charge in [0.2, 0.25) is 0 Å². The zero-order chi connectivity index (χ0) is 17.1. The maximum Gasteiger partial charge on any atom is 0.336 e. The molecule has 0 saturated heterocycles. The molecule has 0 aliphatic heterocycles. The van der Waals surface area contributed by atoms with Gasteiger partial charge in [-0.2, -0.15) is 0 Å². The lowest BCUT2D eigenvalue weighted by Crippen LogP contribution is -2.06. The van der Waals surface area contributed by atoms with Gasteiger partial charge in [0, 0.05) is 23.1 Å². The van der Waals surface area contributed by atoms with Crippen molar-refractivity contribution in [3.05, 3.63) is 75.5 Å². The second kappa shape index (κ2) is 6.58. The summed E-state index contributed by atoms with van der Waals surface area (Å²) in [5.74, 6) is 0.0421. The Balaban J connectivity index is 1.81. The third-order valence-electron chi connectivity index (χ3n) is 3.81. The van der Waals surface area contributed by atoms with E-state index >= 15 is 0 Å². The zero-order valence-electron chi connectivity index (χ0n) is 13.4. The normalized spacial score (nSPS) is 11.2. The third-order valence-corrected chi connectivity index (χ3v) is 3.81. The van der Waals surface area contributed by atoms with E-state index in [-0.39, 0.29) is 6.61 Å². The number of hydrogen-bond donors (Lipinski definition) is 0. The summed E-state index contributed by atoms with van der Waals surface area (Å²) in [5, 5.41) is 0.764. The van der Waals surface area contributed by atoms with Crippen LogP contribution >= 0.6 is 0 Å². The van der Waals surface area contributed by atoms with Crippen molar-refractivity contribution in [1.82, 2.24) is 0 Å². The monoisotopic (exact) mass is 324 g/mol. The topological polar surface area (TPSA) is 69.7 Å². The lowest BCUT2D eigenvalue weighted by Gasteiger charge is -2.09. The van der Waals surface area contributed by atoms with Crippen LogP contribution in [0.2, 0.25) is 0 Å². The number of carbonyl (C=O) groups is 1. The molecule has 0 amide bonds. The molecule has 2 aromatic heterocycles. The van der Waals surface area contributed by atoms with E-state index < -0.39 is 11.6 Å². The van der Waals surface area contributed by atoms with Crippen LogP contribution in [0.5, 0.6) is 0 Å². The Morgan fingerprint density at radius 2 is 2.08 bits per heavy atom. The number of esters is 1. The van der Waals surface area contributed by atoms with Gasteiger partial charge < -0.3 is 13.6 Å². The standard InChI is InChI=1S/C19H16O5/c1-12-5-7-16-14(10-18(21)24-19(16)13(12)2)11-23-17(20)8-6-15-4-3-9-22-15/h3-10H,11H2,1-2H3/b8-6+. The first-order valence-corrected chi connectivity index (χ1v) is 7.46. The minimum atomic E-state index is -0.517. The molecule has 24 heavy (non-hydrogen) atoms. The van der Waals surface area contributed by atoms with Gasteiger partial charge in [0.1, 0.15) is 18.0 Å². The van der Waals surface area contributed by atoms with Crippen LogP contribution in [-0.4, -0.2) is 5.97 Å². The van der Waals surface area contributed by atoms with Crippen LogP contribution in [0.15, 0.2) is 56.3 Å². The number of carbonyl (C=O) groups excluding carboxylic acids is 1. The molecule has 0 atom stereocenters. The Morgan fingerprint density at radius 3 is 2.83 bits per heavy atom.